The number of hydrogen-bond donors (Lipinski definition) is 2. The van der Waals surface area contributed by atoms with Crippen LogP contribution in [0.25, 0.3) is 17.3 Å². The highest BCUT2D eigenvalue weighted by Crippen LogP contribution is 2.20. The van der Waals surface area contributed by atoms with E-state index in [1.165, 1.54) is 6.33 Å². The highest BCUT2D eigenvalue weighted by atomic mass is 16.3. The zero-order chi connectivity index (χ0) is 17.9. The molecule has 0 aliphatic carbocycles. The molecule has 1 amide bonds. The molecule has 9 nitrogen and oxygen atoms in total. The van der Waals surface area contributed by atoms with Gasteiger partial charge in [0.25, 0.3) is 5.91 Å². The molecule has 0 saturated heterocycles. The van der Waals surface area contributed by atoms with E-state index in [2.05, 4.69) is 30.6 Å². The Labute approximate surface area is 148 Å². The molecule has 4 heterocycles. The molecule has 4 aromatic heterocycles. The summed E-state index contributed by atoms with van der Waals surface area (Å²) in [5, 5.41) is 13.8. The molecule has 0 bridgehead atoms. The number of aromatic nitrogens is 6. The van der Waals surface area contributed by atoms with Gasteiger partial charge < -0.3 is 9.73 Å². The van der Waals surface area contributed by atoms with E-state index in [-0.39, 0.29) is 18.1 Å². The predicted octanol–water partition coefficient (Wildman–Crippen LogP) is 1.88. The van der Waals surface area contributed by atoms with Crippen LogP contribution < -0.4 is 5.32 Å². The molecule has 0 saturated carbocycles. The molecule has 0 aliphatic rings. The van der Waals surface area contributed by atoms with Crippen LogP contribution in [0.15, 0.2) is 53.6 Å². The van der Waals surface area contributed by atoms with Gasteiger partial charge >= 0.3 is 0 Å². The Bertz CT molecular complexity index is 1030. The van der Waals surface area contributed by atoms with Crippen molar-refractivity contribution in [2.45, 2.75) is 13.5 Å². The third-order valence-electron chi connectivity index (χ3n) is 3.76. The number of hydrogen-bond acceptors (Lipinski definition) is 6. The number of carbonyl (C=O) groups is 1. The van der Waals surface area contributed by atoms with Crippen LogP contribution in [0.5, 0.6) is 0 Å². The van der Waals surface area contributed by atoms with Crippen molar-refractivity contribution in [3.63, 3.8) is 0 Å². The summed E-state index contributed by atoms with van der Waals surface area (Å²) >= 11 is 0. The van der Waals surface area contributed by atoms with E-state index in [0.29, 0.717) is 17.3 Å². The quantitative estimate of drug-likeness (QED) is 0.568. The van der Waals surface area contributed by atoms with Crippen LogP contribution in [0.4, 0.5) is 0 Å². The Hall–Kier alpha value is -3.75. The summed E-state index contributed by atoms with van der Waals surface area (Å²) in [7, 11) is 0. The predicted molar refractivity (Wildman–Crippen MR) is 91.4 cm³/mol. The van der Waals surface area contributed by atoms with E-state index in [1.807, 2.05) is 25.1 Å². The van der Waals surface area contributed by atoms with Crippen molar-refractivity contribution in [1.29, 1.82) is 0 Å². The highest BCUT2D eigenvalue weighted by molar-refractivity contribution is 5.93. The molecule has 9 heteroatoms. The zero-order valence-electron chi connectivity index (χ0n) is 13.9. The number of aromatic amines is 1. The Balaban J connectivity index is 1.48. The molecule has 0 aliphatic heterocycles. The van der Waals surface area contributed by atoms with Gasteiger partial charge in [0, 0.05) is 24.4 Å². The van der Waals surface area contributed by atoms with Gasteiger partial charge in [-0.25, -0.2) is 14.6 Å². The van der Waals surface area contributed by atoms with Crippen molar-refractivity contribution in [2.75, 3.05) is 0 Å². The molecule has 0 atom stereocenters. The van der Waals surface area contributed by atoms with Crippen molar-refractivity contribution in [1.82, 2.24) is 35.3 Å². The van der Waals surface area contributed by atoms with E-state index in [9.17, 15) is 4.79 Å². The molecule has 26 heavy (non-hydrogen) atoms. The van der Waals surface area contributed by atoms with Gasteiger partial charge in [-0.2, -0.15) is 10.2 Å². The molecule has 4 aromatic rings. The Morgan fingerprint density at radius 1 is 1.35 bits per heavy atom. The van der Waals surface area contributed by atoms with Crippen LogP contribution in [0.1, 0.15) is 21.8 Å². The zero-order valence-corrected chi connectivity index (χ0v) is 13.9. The summed E-state index contributed by atoms with van der Waals surface area (Å²) < 4.78 is 7.07. The Morgan fingerprint density at radius 3 is 3.04 bits per heavy atom. The maximum absolute atomic E-state index is 12.4. The molecular formula is C17H15N7O2. The van der Waals surface area contributed by atoms with E-state index < -0.39 is 0 Å². The van der Waals surface area contributed by atoms with E-state index in [0.717, 1.165) is 11.3 Å². The third kappa shape index (κ3) is 3.09. The van der Waals surface area contributed by atoms with Gasteiger partial charge in [-0.15, -0.1) is 0 Å². The van der Waals surface area contributed by atoms with Crippen LogP contribution in [0.2, 0.25) is 0 Å². The summed E-state index contributed by atoms with van der Waals surface area (Å²) in [6.45, 7) is 2.14. The standard InChI is InChI=1S/C17H15N7O2/c1-11-4-5-15(26-11)13-7-14(23-22-13)17(25)20-8-12-3-2-6-19-16(12)24-10-18-9-21-24/h2-7,9-10H,8H2,1H3,(H,20,25)(H,22,23). The van der Waals surface area contributed by atoms with Crippen LogP contribution in [-0.2, 0) is 6.54 Å². The SMILES string of the molecule is Cc1ccc(-c2cc(C(=O)NCc3cccnc3-n3cncn3)n[nH]2)o1. The second-order valence-electron chi connectivity index (χ2n) is 5.59. The van der Waals surface area contributed by atoms with Crippen molar-refractivity contribution >= 4 is 5.91 Å². The average Bonchev–Trinajstić information content (AvgIpc) is 3.40. The topological polar surface area (TPSA) is 115 Å². The number of furan rings is 1. The first-order valence-electron chi connectivity index (χ1n) is 7.90. The van der Waals surface area contributed by atoms with Crippen molar-refractivity contribution < 1.29 is 9.21 Å². The molecule has 0 radical (unpaired) electrons. The fourth-order valence-electron chi connectivity index (χ4n) is 2.50. The van der Waals surface area contributed by atoms with E-state index in [4.69, 9.17) is 4.42 Å². The minimum Gasteiger partial charge on any atom is -0.460 e. The molecule has 0 aromatic carbocycles. The van der Waals surface area contributed by atoms with Crippen molar-refractivity contribution in [3.05, 3.63) is 66.2 Å². The normalized spacial score (nSPS) is 10.8. The molecule has 0 unspecified atom stereocenters. The molecule has 0 fully saturated rings. The van der Waals surface area contributed by atoms with Gasteiger partial charge in [0.2, 0.25) is 0 Å². The number of pyridine rings is 1. The number of rotatable bonds is 5. The summed E-state index contributed by atoms with van der Waals surface area (Å²) in [5.41, 5.74) is 1.73. The van der Waals surface area contributed by atoms with E-state index in [1.54, 1.807) is 29.3 Å². The maximum Gasteiger partial charge on any atom is 0.272 e. The number of H-pyrrole nitrogens is 1. The first-order valence-corrected chi connectivity index (χ1v) is 7.90. The minimum atomic E-state index is -0.302. The highest BCUT2D eigenvalue weighted by Gasteiger charge is 2.14. The lowest BCUT2D eigenvalue weighted by molar-refractivity contribution is 0.0946. The number of aryl methyl sites for hydroxylation is 1. The minimum absolute atomic E-state index is 0.278. The first kappa shape index (κ1) is 15.8. The number of nitrogens with one attached hydrogen (secondary N) is 2. The van der Waals surface area contributed by atoms with Gasteiger partial charge in [0.1, 0.15) is 24.1 Å². The van der Waals surface area contributed by atoms with Crippen molar-refractivity contribution in [3.8, 4) is 17.3 Å². The van der Waals surface area contributed by atoms with Gasteiger partial charge in [-0.05, 0) is 25.1 Å². The van der Waals surface area contributed by atoms with Crippen LogP contribution in [0.3, 0.4) is 0 Å². The molecule has 4 rings (SSSR count). The van der Waals surface area contributed by atoms with E-state index >= 15 is 0 Å². The van der Waals surface area contributed by atoms with Crippen LogP contribution >= 0.6 is 0 Å². The lowest BCUT2D eigenvalue weighted by Crippen LogP contribution is -2.24. The monoisotopic (exact) mass is 349 g/mol. The second kappa shape index (κ2) is 6.63. The molecule has 2 N–H and O–H groups in total. The third-order valence-corrected chi connectivity index (χ3v) is 3.76. The molecule has 130 valence electrons. The van der Waals surface area contributed by atoms with Gasteiger partial charge in [0.05, 0.1) is 0 Å². The van der Waals surface area contributed by atoms with Crippen LogP contribution in [-0.4, -0.2) is 35.9 Å². The van der Waals surface area contributed by atoms with Gasteiger partial charge in [0.15, 0.2) is 17.3 Å². The number of carbonyl (C=O) groups excluding carboxylic acids is 1. The Kier molecular flexibility index (Phi) is 4.02. The lowest BCUT2D eigenvalue weighted by Gasteiger charge is -2.08. The smallest absolute Gasteiger partial charge is 0.272 e. The molecular weight excluding hydrogens is 334 g/mol. The van der Waals surface area contributed by atoms with Gasteiger partial charge in [-0.3, -0.25) is 9.89 Å². The summed E-state index contributed by atoms with van der Waals surface area (Å²) in [6.07, 6.45) is 4.64. The fraction of sp³-hybridized carbons (Fsp3) is 0.118. The van der Waals surface area contributed by atoms with Gasteiger partial charge in [-0.1, -0.05) is 6.07 Å². The van der Waals surface area contributed by atoms with Crippen LogP contribution in [0, 0.1) is 6.92 Å². The first-order chi connectivity index (χ1) is 12.7. The fourth-order valence-corrected chi connectivity index (χ4v) is 2.50. The summed E-state index contributed by atoms with van der Waals surface area (Å²) in [5.74, 6) is 1.73. The maximum atomic E-state index is 12.4. The number of nitrogens with zero attached hydrogens (tertiary/aromatic N) is 5. The Morgan fingerprint density at radius 2 is 2.27 bits per heavy atom. The lowest BCUT2D eigenvalue weighted by atomic mass is 10.2. The summed E-state index contributed by atoms with van der Waals surface area (Å²) in [4.78, 5) is 20.6. The second-order valence-corrected chi connectivity index (χ2v) is 5.59. The number of amides is 1. The average molecular weight is 349 g/mol. The summed E-state index contributed by atoms with van der Waals surface area (Å²) in [6, 6.07) is 8.99. The van der Waals surface area contributed by atoms with Crippen molar-refractivity contribution in [2.24, 2.45) is 0 Å². The largest absolute Gasteiger partial charge is 0.460 e. The molecule has 0 spiro atoms.